The summed E-state index contributed by atoms with van der Waals surface area (Å²) in [7, 11) is 0. The summed E-state index contributed by atoms with van der Waals surface area (Å²) < 4.78 is 84.8. The number of amides is 2. The van der Waals surface area contributed by atoms with E-state index in [-0.39, 0.29) is 22.6 Å². The van der Waals surface area contributed by atoms with E-state index in [2.05, 4.69) is 0 Å². The van der Waals surface area contributed by atoms with Gasteiger partial charge in [0.05, 0.1) is 5.69 Å². The molecule has 3 aromatic rings. The van der Waals surface area contributed by atoms with E-state index in [0.29, 0.717) is 0 Å². The Morgan fingerprint density at radius 2 is 1.09 bits per heavy atom. The summed E-state index contributed by atoms with van der Waals surface area (Å²) in [5, 5.41) is 3.79. The molecule has 2 amide bonds. The number of anilines is 3. The van der Waals surface area contributed by atoms with Crippen LogP contribution in [0.1, 0.15) is 26.3 Å². The molecule has 0 fully saturated rings. The lowest BCUT2D eigenvalue weighted by Crippen LogP contribution is -2.23. The summed E-state index contributed by atoms with van der Waals surface area (Å²) in [6.45, 7) is 1.42. The van der Waals surface area contributed by atoms with Gasteiger partial charge in [-0.25, -0.2) is 26.3 Å². The van der Waals surface area contributed by atoms with Crippen molar-refractivity contribution in [2.24, 2.45) is 0 Å². The molecule has 11 heteroatoms. The first kappa shape index (κ1) is 22.7. The normalized spacial score (nSPS) is 10.7. The Bertz CT molecular complexity index is 1140. The van der Waals surface area contributed by atoms with Gasteiger partial charge in [-0.1, -0.05) is 6.07 Å². The van der Waals surface area contributed by atoms with Crippen LogP contribution in [0, 0.1) is 41.8 Å². The number of halogens is 6. The summed E-state index contributed by atoms with van der Waals surface area (Å²) >= 11 is 0. The number of nitrogens with two attached hydrogens (primary N) is 1. The number of hydrogen-bond acceptors (Lipinski definition) is 3. The summed E-state index contributed by atoms with van der Waals surface area (Å²) in [5.41, 5.74) is 1.35. The molecule has 0 spiro atoms. The van der Waals surface area contributed by atoms with Crippen molar-refractivity contribution in [1.82, 2.24) is 0 Å². The average molecular weight is 453 g/mol. The van der Waals surface area contributed by atoms with E-state index in [4.69, 9.17) is 5.73 Å². The molecule has 0 radical (unpaired) electrons. The zero-order valence-electron chi connectivity index (χ0n) is 16.1. The second kappa shape index (κ2) is 8.61. The summed E-state index contributed by atoms with van der Waals surface area (Å²) in [4.78, 5) is 24.4. The Morgan fingerprint density at radius 3 is 1.50 bits per heavy atom. The molecule has 4 N–H and O–H groups in total. The van der Waals surface area contributed by atoms with Gasteiger partial charge in [0, 0.05) is 11.4 Å². The van der Waals surface area contributed by atoms with E-state index in [0.717, 1.165) is 24.3 Å². The van der Waals surface area contributed by atoms with Crippen LogP contribution in [0.3, 0.4) is 0 Å². The second-order valence-corrected chi connectivity index (χ2v) is 6.61. The zero-order chi connectivity index (χ0) is 23.7. The largest absolute Gasteiger partial charge is 0.396 e. The number of carbonyl (C=O) groups excluding carboxylic acids is 2. The maximum absolute atomic E-state index is 14.4. The Balaban J connectivity index is 1.95. The lowest BCUT2D eigenvalue weighted by molar-refractivity contribution is 0.0993. The fourth-order valence-corrected chi connectivity index (χ4v) is 2.69. The third kappa shape index (κ3) is 4.22. The molecule has 0 bridgehead atoms. The zero-order valence-corrected chi connectivity index (χ0v) is 16.1. The molecule has 0 saturated heterocycles. The molecule has 0 atom stereocenters. The lowest BCUT2D eigenvalue weighted by Gasteiger charge is -2.13. The van der Waals surface area contributed by atoms with E-state index in [9.17, 15) is 35.9 Å². The molecule has 0 unspecified atom stereocenters. The molecule has 0 saturated carbocycles. The van der Waals surface area contributed by atoms with Crippen LogP contribution < -0.4 is 16.4 Å². The minimum Gasteiger partial charge on any atom is -0.396 e. The van der Waals surface area contributed by atoms with E-state index in [1.54, 1.807) is 0 Å². The first-order chi connectivity index (χ1) is 15.0. The molecular weight excluding hydrogens is 440 g/mol. The SMILES string of the molecule is Cc1ccc(NC(=O)c2c(F)c(F)c(C(=O)Nc3ccc(N)c(F)c3)c(F)c2F)cc1F. The molecule has 0 aliphatic heterocycles. The van der Waals surface area contributed by atoms with Gasteiger partial charge in [-0.3, -0.25) is 9.59 Å². The van der Waals surface area contributed by atoms with Gasteiger partial charge in [-0.05, 0) is 42.8 Å². The van der Waals surface area contributed by atoms with Crippen LogP contribution in [0.25, 0.3) is 0 Å². The van der Waals surface area contributed by atoms with Crippen molar-refractivity contribution in [3.63, 3.8) is 0 Å². The Hall–Kier alpha value is -4.02. The highest BCUT2D eigenvalue weighted by atomic mass is 19.2. The molecule has 0 aliphatic rings. The van der Waals surface area contributed by atoms with Crippen molar-refractivity contribution in [3.8, 4) is 0 Å². The highest BCUT2D eigenvalue weighted by Crippen LogP contribution is 2.27. The molecule has 166 valence electrons. The Kier molecular flexibility index (Phi) is 6.10. The number of rotatable bonds is 4. The Morgan fingerprint density at radius 1 is 0.688 bits per heavy atom. The number of hydrogen-bond donors (Lipinski definition) is 3. The molecule has 0 aromatic heterocycles. The van der Waals surface area contributed by atoms with Crippen molar-refractivity contribution in [2.75, 3.05) is 16.4 Å². The number of benzene rings is 3. The van der Waals surface area contributed by atoms with E-state index in [1.165, 1.54) is 19.1 Å². The van der Waals surface area contributed by atoms with Crippen molar-refractivity contribution >= 4 is 28.9 Å². The number of carbonyl (C=O) groups is 2. The minimum atomic E-state index is -2.16. The Labute approximate surface area is 176 Å². The van der Waals surface area contributed by atoms with Crippen LogP contribution in [0.4, 0.5) is 43.4 Å². The smallest absolute Gasteiger partial charge is 0.261 e. The first-order valence-corrected chi connectivity index (χ1v) is 8.81. The van der Waals surface area contributed by atoms with Crippen LogP contribution in [-0.4, -0.2) is 11.8 Å². The highest BCUT2D eigenvalue weighted by Gasteiger charge is 2.32. The van der Waals surface area contributed by atoms with Gasteiger partial charge in [0.25, 0.3) is 11.8 Å². The third-order valence-electron chi connectivity index (χ3n) is 4.41. The highest BCUT2D eigenvalue weighted by molar-refractivity contribution is 6.08. The molecule has 3 aromatic carbocycles. The van der Waals surface area contributed by atoms with Gasteiger partial charge in [0.15, 0.2) is 23.3 Å². The van der Waals surface area contributed by atoms with Gasteiger partial charge in [0.2, 0.25) is 0 Å². The molecule has 0 heterocycles. The molecule has 0 aliphatic carbocycles. The predicted molar refractivity (Wildman–Crippen MR) is 104 cm³/mol. The topological polar surface area (TPSA) is 84.2 Å². The van der Waals surface area contributed by atoms with Crippen molar-refractivity contribution in [1.29, 1.82) is 0 Å². The van der Waals surface area contributed by atoms with Crippen molar-refractivity contribution < 1.29 is 35.9 Å². The quantitative estimate of drug-likeness (QED) is 0.298. The number of nitrogens with one attached hydrogen (secondary N) is 2. The average Bonchev–Trinajstić information content (AvgIpc) is 2.72. The van der Waals surface area contributed by atoms with E-state index < -0.39 is 57.8 Å². The maximum atomic E-state index is 14.4. The molecule has 32 heavy (non-hydrogen) atoms. The standard InChI is InChI=1S/C21H13F6N3O2/c1-8-2-3-9(6-11(8)22)29-20(31)14-16(24)18(26)15(19(27)17(14)25)21(32)30-10-4-5-13(28)12(23)7-10/h2-7H,28H2,1H3,(H,29,31)(H,30,32). The van der Waals surface area contributed by atoms with Gasteiger partial charge in [-0.2, -0.15) is 0 Å². The monoisotopic (exact) mass is 453 g/mol. The van der Waals surface area contributed by atoms with Gasteiger partial charge < -0.3 is 16.4 Å². The second-order valence-electron chi connectivity index (χ2n) is 6.61. The molecule has 5 nitrogen and oxygen atoms in total. The summed E-state index contributed by atoms with van der Waals surface area (Å²) in [6, 6.07) is 6.14. The summed E-state index contributed by atoms with van der Waals surface area (Å²) in [6.07, 6.45) is 0. The lowest BCUT2D eigenvalue weighted by atomic mass is 10.1. The minimum absolute atomic E-state index is 0.216. The van der Waals surface area contributed by atoms with E-state index in [1.807, 2.05) is 10.6 Å². The first-order valence-electron chi connectivity index (χ1n) is 8.81. The fourth-order valence-electron chi connectivity index (χ4n) is 2.69. The van der Waals surface area contributed by atoms with Crippen molar-refractivity contribution in [2.45, 2.75) is 6.92 Å². The van der Waals surface area contributed by atoms with Gasteiger partial charge in [0.1, 0.15) is 22.8 Å². The molecule has 3 rings (SSSR count). The van der Waals surface area contributed by atoms with Gasteiger partial charge in [-0.15, -0.1) is 0 Å². The van der Waals surface area contributed by atoms with Crippen LogP contribution in [0.2, 0.25) is 0 Å². The predicted octanol–water partition coefficient (Wildman–Crippen LogP) is 4.92. The van der Waals surface area contributed by atoms with Crippen LogP contribution >= 0.6 is 0 Å². The number of aryl methyl sites for hydroxylation is 1. The van der Waals surface area contributed by atoms with Crippen LogP contribution in [-0.2, 0) is 0 Å². The van der Waals surface area contributed by atoms with Crippen LogP contribution in [0.5, 0.6) is 0 Å². The number of nitrogen functional groups attached to an aromatic ring is 1. The van der Waals surface area contributed by atoms with Crippen LogP contribution in [0.15, 0.2) is 36.4 Å². The van der Waals surface area contributed by atoms with Crippen molar-refractivity contribution in [3.05, 3.63) is 88.0 Å². The third-order valence-corrected chi connectivity index (χ3v) is 4.41. The van der Waals surface area contributed by atoms with E-state index >= 15 is 0 Å². The fraction of sp³-hybridized carbons (Fsp3) is 0.0476. The maximum Gasteiger partial charge on any atom is 0.261 e. The van der Waals surface area contributed by atoms with Gasteiger partial charge >= 0.3 is 0 Å². The molecular formula is C21H13F6N3O2. The summed E-state index contributed by atoms with van der Waals surface area (Å²) in [5.74, 6) is -13.6.